The number of aromatic amines is 1. The van der Waals surface area contributed by atoms with Gasteiger partial charge in [0, 0.05) is 34.1 Å². The van der Waals surface area contributed by atoms with E-state index in [2.05, 4.69) is 14.2 Å². The monoisotopic (exact) mass is 570 g/mol. The first-order valence-corrected chi connectivity index (χ1v) is 13.5. The van der Waals surface area contributed by atoms with Gasteiger partial charge in [0.05, 0.1) is 34.3 Å². The summed E-state index contributed by atoms with van der Waals surface area (Å²) in [5, 5.41) is 9.90. The molecule has 0 bridgehead atoms. The van der Waals surface area contributed by atoms with Gasteiger partial charge in [-0.1, -0.05) is 22.8 Å². The van der Waals surface area contributed by atoms with Crippen molar-refractivity contribution in [3.05, 3.63) is 70.1 Å². The average Bonchev–Trinajstić information content (AvgIpc) is 3.55. The van der Waals surface area contributed by atoms with E-state index in [4.69, 9.17) is 0 Å². The van der Waals surface area contributed by atoms with E-state index in [-0.39, 0.29) is 33.5 Å². The molecule has 204 valence electrons. The van der Waals surface area contributed by atoms with Gasteiger partial charge in [0.1, 0.15) is 5.65 Å². The lowest BCUT2D eigenvalue weighted by atomic mass is 9.96. The Balaban J connectivity index is 1.74. The van der Waals surface area contributed by atoms with Crippen LogP contribution in [0.15, 0.2) is 53.6 Å². The summed E-state index contributed by atoms with van der Waals surface area (Å²) >= 11 is 0. The summed E-state index contributed by atoms with van der Waals surface area (Å²) in [6.07, 6.45) is 0.279. The van der Waals surface area contributed by atoms with Crippen molar-refractivity contribution in [2.45, 2.75) is 37.9 Å². The highest BCUT2D eigenvalue weighted by Crippen LogP contribution is 2.42. The highest BCUT2D eigenvalue weighted by atomic mass is 32.3. The van der Waals surface area contributed by atoms with Gasteiger partial charge in [0.15, 0.2) is 11.2 Å². The number of nitrogens with one attached hydrogen (secondary N) is 1. The third-order valence-electron chi connectivity index (χ3n) is 7.23. The molecule has 0 saturated heterocycles. The molecule has 1 saturated carbocycles. The summed E-state index contributed by atoms with van der Waals surface area (Å²) in [5.41, 5.74) is -0.795. The van der Waals surface area contributed by atoms with E-state index in [1.54, 1.807) is 18.2 Å². The Labute approximate surface area is 223 Å². The predicted molar refractivity (Wildman–Crippen MR) is 139 cm³/mol. The number of pyridine rings is 2. The number of nitrogens with zero attached hydrogens (tertiary/aromatic N) is 3. The fraction of sp³-hybridized carbons (Fsp3) is 0.222. The van der Waals surface area contributed by atoms with Crippen LogP contribution in [0.3, 0.4) is 0 Å². The minimum Gasteiger partial charge on any atom is -0.357 e. The number of rotatable bonds is 4. The molecule has 0 amide bonds. The highest BCUT2D eigenvalue weighted by molar-refractivity contribution is 7.81. The largest absolute Gasteiger partial charge is 0.488 e. The van der Waals surface area contributed by atoms with Gasteiger partial charge < -0.3 is 13.7 Å². The van der Waals surface area contributed by atoms with Crippen LogP contribution in [-0.4, -0.2) is 23.0 Å². The third-order valence-corrected chi connectivity index (χ3v) is 7.62. The van der Waals surface area contributed by atoms with E-state index in [0.29, 0.717) is 22.1 Å². The minimum atomic E-state index is -5.45. The average molecular weight is 571 g/mol. The molecule has 40 heavy (non-hydrogen) atoms. The Bertz CT molecular complexity index is 2050. The second-order valence-corrected chi connectivity index (χ2v) is 10.6. The second-order valence-electron chi connectivity index (χ2n) is 9.66. The molecule has 0 radical (unpaired) electrons. The molecule has 1 fully saturated rings. The van der Waals surface area contributed by atoms with Gasteiger partial charge in [-0.2, -0.15) is 26.9 Å². The number of aromatic nitrogens is 3. The molecular formula is C27H18F4N4O4S. The number of alkyl halides is 3. The zero-order valence-electron chi connectivity index (χ0n) is 20.4. The summed E-state index contributed by atoms with van der Waals surface area (Å²) in [6, 6.07) is 9.61. The molecule has 0 atom stereocenters. The smallest absolute Gasteiger partial charge is 0.357 e. The Morgan fingerprint density at radius 2 is 1.82 bits per heavy atom. The summed E-state index contributed by atoms with van der Waals surface area (Å²) in [6.45, 7) is 0. The van der Waals surface area contributed by atoms with Crippen LogP contribution >= 0.6 is 0 Å². The predicted octanol–water partition coefficient (Wildman–Crippen LogP) is 6.30. The van der Waals surface area contributed by atoms with Crippen LogP contribution in [0.25, 0.3) is 44.0 Å². The van der Waals surface area contributed by atoms with Crippen LogP contribution in [0, 0.1) is 11.3 Å². The molecule has 5 aromatic rings. The molecule has 2 aromatic carbocycles. The van der Waals surface area contributed by atoms with Crippen molar-refractivity contribution in [2.75, 3.05) is 0 Å². The van der Waals surface area contributed by atoms with Gasteiger partial charge in [-0.05, 0) is 48.7 Å². The van der Waals surface area contributed by atoms with Gasteiger partial charge in [-0.25, -0.2) is 0 Å². The Kier molecular flexibility index (Phi) is 5.85. The van der Waals surface area contributed by atoms with E-state index in [0.717, 1.165) is 50.2 Å². The number of nitriles is 1. The summed E-state index contributed by atoms with van der Waals surface area (Å²) in [5.74, 6) is -0.610. The van der Waals surface area contributed by atoms with Gasteiger partial charge >= 0.3 is 16.7 Å². The maximum atomic E-state index is 14.4. The standard InChI is InChI=1S/C27H18F4N4O4S/c28-27(29,30)21-9-20-23(10-19(21)15-8-17(13-33-12-15)39-40(31,37)38)35(16-3-1-2-4-16)26-24(25(20)36)18-6-5-14(11-32)7-22(18)34-26/h5-10,12-13,16,34H,1-4H2. The Morgan fingerprint density at radius 3 is 2.50 bits per heavy atom. The molecule has 1 aliphatic rings. The minimum absolute atomic E-state index is 0.122. The van der Waals surface area contributed by atoms with E-state index in [9.17, 15) is 35.5 Å². The fourth-order valence-electron chi connectivity index (χ4n) is 5.63. The quantitative estimate of drug-likeness (QED) is 0.200. The number of fused-ring (bicyclic) bond motifs is 4. The molecule has 3 aromatic heterocycles. The van der Waals surface area contributed by atoms with Crippen molar-refractivity contribution < 1.29 is 29.7 Å². The molecule has 3 heterocycles. The zero-order valence-corrected chi connectivity index (χ0v) is 21.2. The molecule has 1 N–H and O–H groups in total. The van der Waals surface area contributed by atoms with Crippen LogP contribution in [-0.2, 0) is 16.7 Å². The van der Waals surface area contributed by atoms with Gasteiger partial charge in [-0.15, -0.1) is 0 Å². The summed E-state index contributed by atoms with van der Waals surface area (Å²) in [7, 11) is -5.45. The number of halogens is 4. The molecule has 6 rings (SSSR count). The van der Waals surface area contributed by atoms with Crippen LogP contribution < -0.4 is 9.61 Å². The number of hydrogen-bond acceptors (Lipinski definition) is 6. The third kappa shape index (κ3) is 4.34. The lowest BCUT2D eigenvalue weighted by Crippen LogP contribution is -2.16. The lowest BCUT2D eigenvalue weighted by molar-refractivity contribution is -0.137. The Hall–Kier alpha value is -4.44. The van der Waals surface area contributed by atoms with Gasteiger partial charge in [0.25, 0.3) is 0 Å². The van der Waals surface area contributed by atoms with Crippen LogP contribution in [0.5, 0.6) is 5.75 Å². The molecule has 13 heteroatoms. The van der Waals surface area contributed by atoms with Crippen LogP contribution in [0.4, 0.5) is 17.1 Å². The summed E-state index contributed by atoms with van der Waals surface area (Å²) < 4.78 is 84.3. The van der Waals surface area contributed by atoms with Gasteiger partial charge in [-0.3, -0.25) is 9.78 Å². The van der Waals surface area contributed by atoms with Crippen molar-refractivity contribution in [3.63, 3.8) is 0 Å². The SMILES string of the molecule is N#Cc1ccc2c(c1)[nH]c1c2c(=O)c2cc(C(F)(F)F)c(-c3cncc(OS(=O)(=O)F)c3)cc2n1C1CCCC1. The first-order chi connectivity index (χ1) is 18.9. The van der Waals surface area contributed by atoms with E-state index < -0.39 is 33.4 Å². The number of H-pyrrole nitrogens is 1. The lowest BCUT2D eigenvalue weighted by Gasteiger charge is -2.22. The van der Waals surface area contributed by atoms with Crippen LogP contribution in [0.1, 0.15) is 42.9 Å². The number of benzene rings is 2. The van der Waals surface area contributed by atoms with Crippen molar-refractivity contribution in [3.8, 4) is 22.9 Å². The fourth-order valence-corrected chi connectivity index (χ4v) is 5.95. The van der Waals surface area contributed by atoms with E-state index >= 15 is 0 Å². The van der Waals surface area contributed by atoms with Crippen molar-refractivity contribution in [1.29, 1.82) is 5.26 Å². The van der Waals surface area contributed by atoms with Crippen molar-refractivity contribution >= 4 is 43.3 Å². The van der Waals surface area contributed by atoms with E-state index in [1.165, 1.54) is 6.07 Å². The second kappa shape index (κ2) is 9.06. The normalized spacial score (nSPS) is 14.8. The molecule has 1 aliphatic carbocycles. The maximum absolute atomic E-state index is 14.4. The first kappa shape index (κ1) is 25.8. The first-order valence-electron chi connectivity index (χ1n) is 12.2. The molecule has 8 nitrogen and oxygen atoms in total. The highest BCUT2D eigenvalue weighted by Gasteiger charge is 2.36. The molecular weight excluding hydrogens is 552 g/mol. The topological polar surface area (TPSA) is 118 Å². The molecule has 0 unspecified atom stereocenters. The van der Waals surface area contributed by atoms with Gasteiger partial charge in [0.2, 0.25) is 0 Å². The number of hydrogen-bond donors (Lipinski definition) is 1. The zero-order chi connectivity index (χ0) is 28.4. The van der Waals surface area contributed by atoms with Crippen LogP contribution in [0.2, 0.25) is 0 Å². The summed E-state index contributed by atoms with van der Waals surface area (Å²) in [4.78, 5) is 20.8. The van der Waals surface area contributed by atoms with Crippen molar-refractivity contribution in [2.24, 2.45) is 0 Å². The van der Waals surface area contributed by atoms with E-state index in [1.807, 2.05) is 10.6 Å². The van der Waals surface area contributed by atoms with Crippen molar-refractivity contribution in [1.82, 2.24) is 14.5 Å². The molecule has 0 aliphatic heterocycles. The Morgan fingerprint density at radius 1 is 1.07 bits per heavy atom. The molecule has 0 spiro atoms. The maximum Gasteiger partial charge on any atom is 0.488 e.